The molecule has 2 fully saturated rings. The van der Waals surface area contributed by atoms with E-state index >= 15 is 0 Å². The Morgan fingerprint density at radius 1 is 1.15 bits per heavy atom. The molecule has 1 atom stereocenters. The summed E-state index contributed by atoms with van der Waals surface area (Å²) in [6.07, 6.45) is 7.71. The minimum Gasteiger partial charge on any atom is -0.508 e. The maximum absolute atomic E-state index is 10.2. The summed E-state index contributed by atoms with van der Waals surface area (Å²) in [4.78, 5) is 5.00. The summed E-state index contributed by atoms with van der Waals surface area (Å²) in [7, 11) is 1.65. The molecule has 1 aliphatic heterocycles. The van der Waals surface area contributed by atoms with Gasteiger partial charge in [0.15, 0.2) is 0 Å². The molecule has 0 radical (unpaired) electrons. The predicted molar refractivity (Wildman–Crippen MR) is 104 cm³/mol. The Labute approximate surface area is 157 Å². The van der Waals surface area contributed by atoms with Gasteiger partial charge in [-0.25, -0.2) is 0 Å². The molecule has 5 heteroatoms. The van der Waals surface area contributed by atoms with Gasteiger partial charge >= 0.3 is 0 Å². The first kappa shape index (κ1) is 19.5. The standard InChI is InChI=1S/C21H34N2O3/c1-26-20-7-8-21(25)18(13-20)15-22-10-11-23(19(16-22)9-12-24)14-17-5-3-2-4-6-17/h7-8,13,17,19,24-25H,2-6,9-12,14-16H2,1H3/t19-/m0/s1. The van der Waals surface area contributed by atoms with Gasteiger partial charge in [0.05, 0.1) is 7.11 Å². The van der Waals surface area contributed by atoms with Crippen molar-refractivity contribution in [2.45, 2.75) is 51.1 Å². The van der Waals surface area contributed by atoms with Crippen molar-refractivity contribution >= 4 is 0 Å². The zero-order chi connectivity index (χ0) is 18.4. The van der Waals surface area contributed by atoms with E-state index in [-0.39, 0.29) is 6.61 Å². The number of phenols is 1. The average molecular weight is 363 g/mol. The maximum Gasteiger partial charge on any atom is 0.120 e. The van der Waals surface area contributed by atoms with Crippen molar-refractivity contribution in [2.24, 2.45) is 5.92 Å². The zero-order valence-electron chi connectivity index (χ0n) is 16.1. The van der Waals surface area contributed by atoms with Gasteiger partial charge in [0.1, 0.15) is 11.5 Å². The second-order valence-electron chi connectivity index (χ2n) is 7.89. The van der Waals surface area contributed by atoms with Gasteiger partial charge in [-0.05, 0) is 43.4 Å². The number of aromatic hydroxyl groups is 1. The number of piperazine rings is 1. The van der Waals surface area contributed by atoms with Gasteiger partial charge in [-0.15, -0.1) is 0 Å². The van der Waals surface area contributed by atoms with Crippen molar-refractivity contribution in [3.8, 4) is 11.5 Å². The molecule has 2 aliphatic rings. The molecule has 3 rings (SSSR count). The highest BCUT2D eigenvalue weighted by molar-refractivity contribution is 5.39. The number of rotatable bonds is 7. The first-order valence-electron chi connectivity index (χ1n) is 10.1. The Morgan fingerprint density at radius 3 is 2.69 bits per heavy atom. The number of ether oxygens (including phenoxy) is 1. The largest absolute Gasteiger partial charge is 0.508 e. The summed E-state index contributed by atoms with van der Waals surface area (Å²) in [5, 5.41) is 19.7. The molecule has 0 spiro atoms. The van der Waals surface area contributed by atoms with Crippen LogP contribution >= 0.6 is 0 Å². The van der Waals surface area contributed by atoms with Crippen LogP contribution in [-0.2, 0) is 6.54 Å². The first-order valence-corrected chi connectivity index (χ1v) is 10.1. The molecular weight excluding hydrogens is 328 g/mol. The Balaban J connectivity index is 1.60. The van der Waals surface area contributed by atoms with Crippen LogP contribution in [-0.4, -0.2) is 66.0 Å². The van der Waals surface area contributed by atoms with Crippen molar-refractivity contribution < 1.29 is 14.9 Å². The van der Waals surface area contributed by atoms with Gasteiger partial charge in [-0.3, -0.25) is 9.80 Å². The predicted octanol–water partition coefficient (Wildman–Crippen LogP) is 2.85. The van der Waals surface area contributed by atoms with Crippen molar-refractivity contribution in [1.82, 2.24) is 9.80 Å². The van der Waals surface area contributed by atoms with Crippen LogP contribution < -0.4 is 4.74 Å². The monoisotopic (exact) mass is 362 g/mol. The molecular formula is C21H34N2O3. The van der Waals surface area contributed by atoms with E-state index in [1.165, 1.54) is 38.6 Å². The third-order valence-corrected chi connectivity index (χ3v) is 6.05. The molecule has 1 heterocycles. The number of hydrogen-bond acceptors (Lipinski definition) is 5. The molecule has 0 amide bonds. The molecule has 0 aromatic heterocycles. The lowest BCUT2D eigenvalue weighted by molar-refractivity contribution is 0.0397. The number of nitrogens with zero attached hydrogens (tertiary/aromatic N) is 2. The quantitative estimate of drug-likeness (QED) is 0.781. The molecule has 0 unspecified atom stereocenters. The first-order chi connectivity index (χ1) is 12.7. The molecule has 2 N–H and O–H groups in total. The summed E-state index contributed by atoms with van der Waals surface area (Å²) in [5.41, 5.74) is 0.910. The van der Waals surface area contributed by atoms with Crippen molar-refractivity contribution in [2.75, 3.05) is 39.9 Å². The fourth-order valence-electron chi connectivity index (χ4n) is 4.52. The van der Waals surface area contributed by atoms with Crippen LogP contribution in [0.2, 0.25) is 0 Å². The van der Waals surface area contributed by atoms with Crippen molar-refractivity contribution in [3.05, 3.63) is 23.8 Å². The second-order valence-corrected chi connectivity index (χ2v) is 7.89. The van der Waals surface area contributed by atoms with Crippen LogP contribution in [0.15, 0.2) is 18.2 Å². The van der Waals surface area contributed by atoms with Gasteiger partial charge in [0.25, 0.3) is 0 Å². The number of phenolic OH excluding ortho intramolecular Hbond substituents is 1. The number of aliphatic hydroxyl groups excluding tert-OH is 1. The number of hydrogen-bond donors (Lipinski definition) is 2. The fourth-order valence-corrected chi connectivity index (χ4v) is 4.52. The SMILES string of the molecule is COc1ccc(O)c(CN2CCN(CC3CCCCC3)[C@@H](CCO)C2)c1. The van der Waals surface area contributed by atoms with E-state index in [2.05, 4.69) is 9.80 Å². The van der Waals surface area contributed by atoms with E-state index in [4.69, 9.17) is 4.74 Å². The van der Waals surface area contributed by atoms with Gasteiger partial charge in [-0.2, -0.15) is 0 Å². The summed E-state index contributed by atoms with van der Waals surface area (Å²) in [5.74, 6) is 1.94. The summed E-state index contributed by atoms with van der Waals surface area (Å²) >= 11 is 0. The number of methoxy groups -OCH3 is 1. The Bertz CT molecular complexity index is 560. The molecule has 1 saturated heterocycles. The van der Waals surface area contributed by atoms with E-state index < -0.39 is 0 Å². The maximum atomic E-state index is 10.2. The number of aliphatic hydroxyl groups is 1. The van der Waals surface area contributed by atoms with Crippen molar-refractivity contribution in [1.29, 1.82) is 0 Å². The fraction of sp³-hybridized carbons (Fsp3) is 0.714. The van der Waals surface area contributed by atoms with Gasteiger partial charge < -0.3 is 14.9 Å². The van der Waals surface area contributed by atoms with Crippen LogP contribution in [0.1, 0.15) is 44.1 Å². The van der Waals surface area contributed by atoms with Crippen LogP contribution in [0.5, 0.6) is 11.5 Å². The summed E-state index contributed by atoms with van der Waals surface area (Å²) < 4.78 is 5.29. The van der Waals surface area contributed by atoms with E-state index in [0.29, 0.717) is 11.8 Å². The molecule has 146 valence electrons. The highest BCUT2D eigenvalue weighted by Gasteiger charge is 2.29. The van der Waals surface area contributed by atoms with Gasteiger partial charge in [0, 0.05) is 50.9 Å². The van der Waals surface area contributed by atoms with Crippen LogP contribution in [0.25, 0.3) is 0 Å². The summed E-state index contributed by atoms with van der Waals surface area (Å²) in [6, 6.07) is 5.82. The lowest BCUT2D eigenvalue weighted by Gasteiger charge is -2.43. The second kappa shape index (κ2) is 9.58. The lowest BCUT2D eigenvalue weighted by Crippen LogP contribution is -2.54. The molecule has 26 heavy (non-hydrogen) atoms. The smallest absolute Gasteiger partial charge is 0.120 e. The van der Waals surface area contributed by atoms with Crippen LogP contribution in [0.3, 0.4) is 0 Å². The van der Waals surface area contributed by atoms with Gasteiger partial charge in [-0.1, -0.05) is 19.3 Å². The van der Waals surface area contributed by atoms with E-state index in [1.807, 2.05) is 6.07 Å². The molecule has 1 aromatic carbocycles. The summed E-state index contributed by atoms with van der Waals surface area (Å²) in [6.45, 7) is 5.15. The average Bonchev–Trinajstić information content (AvgIpc) is 2.66. The van der Waals surface area contributed by atoms with E-state index in [0.717, 1.165) is 49.8 Å². The molecule has 1 aliphatic carbocycles. The molecule has 0 bridgehead atoms. The molecule has 1 saturated carbocycles. The van der Waals surface area contributed by atoms with E-state index in [9.17, 15) is 10.2 Å². The minimum absolute atomic E-state index is 0.240. The Morgan fingerprint density at radius 2 is 1.96 bits per heavy atom. The Hall–Kier alpha value is -1.30. The van der Waals surface area contributed by atoms with Crippen LogP contribution in [0.4, 0.5) is 0 Å². The lowest BCUT2D eigenvalue weighted by atomic mass is 9.88. The molecule has 1 aromatic rings. The zero-order valence-corrected chi connectivity index (χ0v) is 16.1. The third-order valence-electron chi connectivity index (χ3n) is 6.05. The topological polar surface area (TPSA) is 56.2 Å². The highest BCUT2D eigenvalue weighted by Crippen LogP contribution is 2.28. The van der Waals surface area contributed by atoms with Crippen LogP contribution in [0, 0.1) is 5.92 Å². The Kier molecular flexibility index (Phi) is 7.17. The highest BCUT2D eigenvalue weighted by atomic mass is 16.5. The van der Waals surface area contributed by atoms with Crippen molar-refractivity contribution in [3.63, 3.8) is 0 Å². The minimum atomic E-state index is 0.240. The van der Waals surface area contributed by atoms with E-state index in [1.54, 1.807) is 19.2 Å². The third kappa shape index (κ3) is 5.12. The normalized spacial score (nSPS) is 23.2. The number of benzene rings is 1. The van der Waals surface area contributed by atoms with Gasteiger partial charge in [0.2, 0.25) is 0 Å². The molecule has 5 nitrogen and oxygen atoms in total.